The van der Waals surface area contributed by atoms with Crippen molar-refractivity contribution in [1.29, 1.82) is 0 Å². The summed E-state index contributed by atoms with van der Waals surface area (Å²) in [5.41, 5.74) is 2.62. The molecule has 0 unspecified atom stereocenters. The molecule has 1 fully saturated rings. The van der Waals surface area contributed by atoms with Gasteiger partial charge in [0, 0.05) is 31.4 Å². The van der Waals surface area contributed by atoms with Crippen LogP contribution >= 0.6 is 0 Å². The van der Waals surface area contributed by atoms with Crippen molar-refractivity contribution in [2.45, 2.75) is 44.7 Å². The number of rotatable bonds is 4. The van der Waals surface area contributed by atoms with Crippen molar-refractivity contribution in [3.63, 3.8) is 0 Å². The Hall–Kier alpha value is -2.24. The monoisotopic (exact) mass is 330 g/mol. The van der Waals surface area contributed by atoms with Gasteiger partial charge in [-0.2, -0.15) is 0 Å². The molecule has 24 heavy (non-hydrogen) atoms. The maximum atomic E-state index is 12.1. The topological polar surface area (TPSA) is 73.5 Å². The fourth-order valence-electron chi connectivity index (χ4n) is 3.46. The number of amides is 3. The number of para-hydroxylation sites is 1. The first kappa shape index (κ1) is 16.6. The Morgan fingerprint density at radius 2 is 2.21 bits per heavy atom. The molecule has 130 valence electrons. The highest BCUT2D eigenvalue weighted by molar-refractivity contribution is 5.87. The van der Waals surface area contributed by atoms with Crippen LogP contribution in [0.5, 0.6) is 0 Å². The van der Waals surface area contributed by atoms with Crippen LogP contribution in [-0.4, -0.2) is 43.7 Å². The minimum absolute atomic E-state index is 0.0795. The molecular formula is C18H26N4O2. The molecule has 0 aliphatic carbocycles. The Labute approximate surface area is 143 Å². The molecule has 2 heterocycles. The molecule has 2 atom stereocenters. The van der Waals surface area contributed by atoms with Crippen molar-refractivity contribution in [2.24, 2.45) is 0 Å². The van der Waals surface area contributed by atoms with Gasteiger partial charge in [0.2, 0.25) is 5.91 Å². The molecule has 0 radical (unpaired) electrons. The summed E-state index contributed by atoms with van der Waals surface area (Å²) < 4.78 is 0. The van der Waals surface area contributed by atoms with Gasteiger partial charge >= 0.3 is 6.03 Å². The third kappa shape index (κ3) is 3.80. The largest absolute Gasteiger partial charge is 0.366 e. The van der Waals surface area contributed by atoms with Crippen LogP contribution in [0, 0.1) is 0 Å². The van der Waals surface area contributed by atoms with Crippen LogP contribution in [0.15, 0.2) is 24.3 Å². The van der Waals surface area contributed by atoms with Gasteiger partial charge in [0.15, 0.2) is 0 Å². The van der Waals surface area contributed by atoms with Crippen molar-refractivity contribution in [3.05, 3.63) is 29.8 Å². The van der Waals surface area contributed by atoms with E-state index >= 15 is 0 Å². The van der Waals surface area contributed by atoms with E-state index in [2.05, 4.69) is 52.0 Å². The van der Waals surface area contributed by atoms with Gasteiger partial charge in [-0.1, -0.05) is 18.2 Å². The van der Waals surface area contributed by atoms with Crippen molar-refractivity contribution in [1.82, 2.24) is 16.0 Å². The molecule has 0 spiro atoms. The van der Waals surface area contributed by atoms with Crippen LogP contribution in [0.1, 0.15) is 31.7 Å². The smallest absolute Gasteiger partial charge is 0.315 e. The first-order chi connectivity index (χ1) is 11.6. The van der Waals surface area contributed by atoms with Crippen molar-refractivity contribution >= 4 is 17.6 Å². The van der Waals surface area contributed by atoms with Gasteiger partial charge in [0.05, 0.1) is 0 Å². The lowest BCUT2D eigenvalue weighted by molar-refractivity contribution is -0.122. The summed E-state index contributed by atoms with van der Waals surface area (Å²) in [6.45, 7) is 4.34. The van der Waals surface area contributed by atoms with Crippen LogP contribution in [0.2, 0.25) is 0 Å². The highest BCUT2D eigenvalue weighted by Gasteiger charge is 2.25. The van der Waals surface area contributed by atoms with Crippen molar-refractivity contribution in [2.75, 3.05) is 24.5 Å². The van der Waals surface area contributed by atoms with Crippen molar-refractivity contribution < 1.29 is 9.59 Å². The molecule has 0 bridgehead atoms. The Balaban J connectivity index is 1.48. The average Bonchev–Trinajstić information content (AvgIpc) is 2.92. The molecule has 6 heteroatoms. The fourth-order valence-corrected chi connectivity index (χ4v) is 3.46. The minimum Gasteiger partial charge on any atom is -0.366 e. The summed E-state index contributed by atoms with van der Waals surface area (Å²) in [5.74, 6) is -0.0795. The van der Waals surface area contributed by atoms with Gasteiger partial charge < -0.3 is 20.9 Å². The maximum absolute atomic E-state index is 12.1. The number of benzene rings is 1. The van der Waals surface area contributed by atoms with Gasteiger partial charge in [-0.25, -0.2) is 4.79 Å². The van der Waals surface area contributed by atoms with Gasteiger partial charge in [-0.3, -0.25) is 4.79 Å². The number of anilines is 1. The molecule has 0 saturated carbocycles. The second-order valence-corrected chi connectivity index (χ2v) is 6.61. The molecule has 1 aromatic rings. The maximum Gasteiger partial charge on any atom is 0.315 e. The molecule has 3 rings (SSSR count). The Kier molecular flexibility index (Phi) is 5.23. The van der Waals surface area contributed by atoms with Gasteiger partial charge in [-0.05, 0) is 44.2 Å². The van der Waals surface area contributed by atoms with Crippen LogP contribution in [-0.2, 0) is 11.2 Å². The summed E-state index contributed by atoms with van der Waals surface area (Å²) in [6.07, 6.45) is 3.67. The predicted molar refractivity (Wildman–Crippen MR) is 94.1 cm³/mol. The van der Waals surface area contributed by atoms with E-state index in [-0.39, 0.29) is 18.0 Å². The number of hydrogen-bond acceptors (Lipinski definition) is 3. The molecule has 3 N–H and O–H groups in total. The fraction of sp³-hybridized carbons (Fsp3) is 0.556. The van der Waals surface area contributed by atoms with E-state index in [4.69, 9.17) is 0 Å². The van der Waals surface area contributed by atoms with Crippen molar-refractivity contribution in [3.8, 4) is 0 Å². The highest BCUT2D eigenvalue weighted by Crippen LogP contribution is 2.28. The molecule has 2 aliphatic heterocycles. The van der Waals surface area contributed by atoms with E-state index in [1.807, 2.05) is 0 Å². The molecule has 2 aliphatic rings. The van der Waals surface area contributed by atoms with Crippen LogP contribution in [0.25, 0.3) is 0 Å². The number of nitrogens with one attached hydrogen (secondary N) is 3. The van der Waals surface area contributed by atoms with E-state index in [1.54, 1.807) is 0 Å². The van der Waals surface area contributed by atoms with E-state index in [1.165, 1.54) is 11.3 Å². The molecule has 3 amide bonds. The number of urea groups is 1. The minimum atomic E-state index is -0.421. The van der Waals surface area contributed by atoms with Crippen LogP contribution in [0.3, 0.4) is 0 Å². The summed E-state index contributed by atoms with van der Waals surface area (Å²) in [7, 11) is 0. The predicted octanol–water partition coefficient (Wildman–Crippen LogP) is 1.41. The molecule has 6 nitrogen and oxygen atoms in total. The Bertz CT molecular complexity index is 604. The zero-order chi connectivity index (χ0) is 16.9. The highest BCUT2D eigenvalue weighted by atomic mass is 16.2. The lowest BCUT2D eigenvalue weighted by Crippen LogP contribution is -2.51. The number of carbonyl (C=O) groups is 2. The first-order valence-electron chi connectivity index (χ1n) is 8.82. The first-order valence-corrected chi connectivity index (χ1v) is 8.82. The number of carbonyl (C=O) groups excluding carboxylic acids is 2. The molecule has 1 saturated heterocycles. The quantitative estimate of drug-likeness (QED) is 0.781. The Morgan fingerprint density at radius 1 is 1.38 bits per heavy atom. The Morgan fingerprint density at radius 3 is 3.08 bits per heavy atom. The van der Waals surface area contributed by atoms with Crippen LogP contribution < -0.4 is 20.9 Å². The normalized spacial score (nSPS) is 21.5. The van der Waals surface area contributed by atoms with Gasteiger partial charge in [-0.15, -0.1) is 0 Å². The third-order valence-corrected chi connectivity index (χ3v) is 4.85. The summed E-state index contributed by atoms with van der Waals surface area (Å²) >= 11 is 0. The summed E-state index contributed by atoms with van der Waals surface area (Å²) in [6, 6.07) is 7.93. The molecule has 0 aromatic heterocycles. The summed E-state index contributed by atoms with van der Waals surface area (Å²) in [4.78, 5) is 26.3. The van der Waals surface area contributed by atoms with E-state index in [9.17, 15) is 9.59 Å². The van der Waals surface area contributed by atoms with Crippen LogP contribution in [0.4, 0.5) is 10.5 Å². The van der Waals surface area contributed by atoms with E-state index < -0.39 is 6.04 Å². The summed E-state index contributed by atoms with van der Waals surface area (Å²) in [5, 5.41) is 8.53. The second kappa shape index (κ2) is 7.55. The molecular weight excluding hydrogens is 304 g/mol. The third-order valence-electron chi connectivity index (χ3n) is 4.85. The number of hydrogen-bond donors (Lipinski definition) is 3. The lowest BCUT2D eigenvalue weighted by Gasteiger charge is -2.28. The van der Waals surface area contributed by atoms with E-state index in [0.717, 1.165) is 25.8 Å². The average molecular weight is 330 g/mol. The SMILES string of the molecule is C[C@H](CNC(=O)N[C@@H]1CCCCNC1=O)N1CCc2ccccc21. The number of nitrogens with zero attached hydrogens (tertiary/aromatic N) is 1. The number of fused-ring (bicyclic) bond motifs is 1. The van der Waals surface area contributed by atoms with Gasteiger partial charge in [0.25, 0.3) is 0 Å². The van der Waals surface area contributed by atoms with Gasteiger partial charge in [0.1, 0.15) is 6.04 Å². The second-order valence-electron chi connectivity index (χ2n) is 6.61. The standard InChI is InChI=1S/C18H26N4O2/c1-13(22-11-9-14-6-2-3-8-16(14)22)12-20-18(24)21-15-7-4-5-10-19-17(15)23/h2-3,6,8,13,15H,4-5,7,9-12H2,1H3,(H,19,23)(H2,20,21,24)/t13-,15-/m1/s1. The molecule has 1 aromatic carbocycles. The zero-order valence-electron chi connectivity index (χ0n) is 14.2. The van der Waals surface area contributed by atoms with E-state index in [0.29, 0.717) is 19.5 Å². The lowest BCUT2D eigenvalue weighted by atomic mass is 10.1. The zero-order valence-corrected chi connectivity index (χ0v) is 14.2.